The Morgan fingerprint density at radius 1 is 1.29 bits per heavy atom. The normalized spacial score (nSPS) is 12.9. The van der Waals surface area contributed by atoms with Gasteiger partial charge in [-0.3, -0.25) is 4.79 Å². The summed E-state index contributed by atoms with van der Waals surface area (Å²) in [6, 6.07) is 0.0629. The van der Waals surface area contributed by atoms with E-state index in [1.165, 1.54) is 6.92 Å². The maximum Gasteiger partial charge on any atom is 0.302 e. The van der Waals surface area contributed by atoms with Crippen LogP contribution in [-0.4, -0.2) is 37.5 Å². The minimum absolute atomic E-state index is 0.0629. The van der Waals surface area contributed by atoms with E-state index in [0.29, 0.717) is 6.61 Å². The molecule has 5 heteroatoms. The second kappa shape index (κ2) is 8.03. The van der Waals surface area contributed by atoms with Crippen LogP contribution in [0.15, 0.2) is 0 Å². The molecule has 1 unspecified atom stereocenters. The van der Waals surface area contributed by atoms with E-state index in [-0.39, 0.29) is 30.9 Å². The third-order valence-electron chi connectivity index (χ3n) is 1.39. The molecule has 84 valence electrons. The minimum Gasteiger partial charge on any atom is -0.463 e. The molecule has 4 nitrogen and oxygen atoms in total. The van der Waals surface area contributed by atoms with Gasteiger partial charge in [-0.05, 0) is 13.8 Å². The molecule has 1 atom stereocenters. The van der Waals surface area contributed by atoms with Gasteiger partial charge in [0.25, 0.3) is 0 Å². The van der Waals surface area contributed by atoms with Crippen LogP contribution >= 0.6 is 11.6 Å². The maximum atomic E-state index is 10.5. The first kappa shape index (κ1) is 13.7. The van der Waals surface area contributed by atoms with Crippen molar-refractivity contribution in [2.24, 2.45) is 0 Å². The van der Waals surface area contributed by atoms with Gasteiger partial charge >= 0.3 is 5.97 Å². The molecule has 0 fully saturated rings. The predicted molar refractivity (Wildman–Crippen MR) is 53.3 cm³/mol. The van der Waals surface area contributed by atoms with Crippen molar-refractivity contribution in [1.29, 1.82) is 0 Å². The zero-order valence-electron chi connectivity index (χ0n) is 8.79. The summed E-state index contributed by atoms with van der Waals surface area (Å²) < 4.78 is 15.2. The number of hydrogen-bond donors (Lipinski definition) is 0. The molecule has 0 heterocycles. The van der Waals surface area contributed by atoms with Crippen LogP contribution in [0.4, 0.5) is 0 Å². The predicted octanol–water partition coefficient (Wildman–Crippen LogP) is 1.56. The Bertz CT molecular complexity index is 161. The number of carbonyl (C=O) groups excluding carboxylic acids is 1. The van der Waals surface area contributed by atoms with Crippen molar-refractivity contribution in [3.63, 3.8) is 0 Å². The average Bonchev–Trinajstić information content (AvgIpc) is 2.09. The zero-order valence-corrected chi connectivity index (χ0v) is 9.54. The topological polar surface area (TPSA) is 44.8 Å². The van der Waals surface area contributed by atoms with E-state index in [2.05, 4.69) is 0 Å². The summed E-state index contributed by atoms with van der Waals surface area (Å²) in [5, 5.41) is 0. The number of carbonyl (C=O) groups is 1. The quantitative estimate of drug-likeness (QED) is 0.486. The Morgan fingerprint density at radius 2 is 1.93 bits per heavy atom. The Balaban J connectivity index is 3.70. The molecule has 0 saturated heterocycles. The molecule has 0 aromatic heterocycles. The Hall–Kier alpha value is -0.320. The first-order valence-electron chi connectivity index (χ1n) is 4.48. The molecule has 0 aromatic carbocycles. The van der Waals surface area contributed by atoms with E-state index in [0.717, 1.165) is 0 Å². The molecule has 0 rings (SSSR count). The Labute approximate surface area is 89.5 Å². The van der Waals surface area contributed by atoms with Crippen LogP contribution < -0.4 is 0 Å². The fraction of sp³-hybridized carbons (Fsp3) is 0.889. The van der Waals surface area contributed by atoms with Crippen molar-refractivity contribution >= 4 is 17.6 Å². The zero-order chi connectivity index (χ0) is 11.0. The monoisotopic (exact) mass is 224 g/mol. The maximum absolute atomic E-state index is 10.5. The van der Waals surface area contributed by atoms with Gasteiger partial charge < -0.3 is 14.2 Å². The molecule has 0 bridgehead atoms. The van der Waals surface area contributed by atoms with Crippen molar-refractivity contribution in [2.45, 2.75) is 33.0 Å². The molecule has 0 N–H and O–H groups in total. The van der Waals surface area contributed by atoms with E-state index in [1.54, 1.807) is 0 Å². The van der Waals surface area contributed by atoms with Gasteiger partial charge in [-0.15, -0.1) is 0 Å². The van der Waals surface area contributed by atoms with E-state index in [1.807, 2.05) is 13.8 Å². The van der Waals surface area contributed by atoms with Crippen LogP contribution in [0.1, 0.15) is 20.8 Å². The van der Waals surface area contributed by atoms with Gasteiger partial charge in [-0.25, -0.2) is 0 Å². The first-order valence-corrected chi connectivity index (χ1v) is 5.02. The van der Waals surface area contributed by atoms with Crippen LogP contribution in [0.5, 0.6) is 0 Å². The number of rotatable bonds is 7. The van der Waals surface area contributed by atoms with Gasteiger partial charge in [-0.2, -0.15) is 0 Å². The molecular weight excluding hydrogens is 208 g/mol. The largest absolute Gasteiger partial charge is 0.463 e. The highest BCUT2D eigenvalue weighted by molar-refractivity contribution is 6.17. The highest BCUT2D eigenvalue weighted by Crippen LogP contribution is 1.99. The summed E-state index contributed by atoms with van der Waals surface area (Å²) >= 11 is 5.41. The van der Waals surface area contributed by atoms with Gasteiger partial charge in [0.1, 0.15) is 18.8 Å². The van der Waals surface area contributed by atoms with Crippen molar-refractivity contribution < 1.29 is 19.0 Å². The third-order valence-corrected chi connectivity index (χ3v) is 1.51. The average molecular weight is 225 g/mol. The summed E-state index contributed by atoms with van der Waals surface area (Å²) in [6.45, 7) is 5.74. The number of esters is 1. The standard InChI is InChI=1S/C9H17ClO4/c1-7(2)12-4-9(14-6-10)5-13-8(3)11/h7,9H,4-6H2,1-3H3. The van der Waals surface area contributed by atoms with Crippen molar-refractivity contribution in [3.05, 3.63) is 0 Å². The lowest BCUT2D eigenvalue weighted by atomic mass is 10.4. The van der Waals surface area contributed by atoms with Crippen LogP contribution in [0.3, 0.4) is 0 Å². The Kier molecular flexibility index (Phi) is 7.84. The molecule has 0 aliphatic carbocycles. The molecule has 0 aromatic rings. The lowest BCUT2D eigenvalue weighted by Crippen LogP contribution is -2.27. The summed E-state index contributed by atoms with van der Waals surface area (Å²) in [6.07, 6.45) is -0.174. The lowest BCUT2D eigenvalue weighted by Gasteiger charge is -2.17. The van der Waals surface area contributed by atoms with Crippen molar-refractivity contribution in [1.82, 2.24) is 0 Å². The fourth-order valence-electron chi connectivity index (χ4n) is 0.744. The molecule has 0 spiro atoms. The third kappa shape index (κ3) is 8.29. The first-order chi connectivity index (χ1) is 6.56. The van der Waals surface area contributed by atoms with Gasteiger partial charge in [-0.1, -0.05) is 11.6 Å². The van der Waals surface area contributed by atoms with Gasteiger partial charge in [0.15, 0.2) is 0 Å². The van der Waals surface area contributed by atoms with E-state index in [9.17, 15) is 4.79 Å². The number of halogens is 1. The summed E-state index contributed by atoms with van der Waals surface area (Å²) in [5.74, 6) is -0.335. The lowest BCUT2D eigenvalue weighted by molar-refractivity contribution is -0.146. The van der Waals surface area contributed by atoms with Gasteiger partial charge in [0.05, 0.1) is 12.7 Å². The molecule has 14 heavy (non-hydrogen) atoms. The highest BCUT2D eigenvalue weighted by atomic mass is 35.5. The smallest absolute Gasteiger partial charge is 0.302 e. The minimum atomic E-state index is -0.335. The highest BCUT2D eigenvalue weighted by Gasteiger charge is 2.11. The summed E-state index contributed by atoms with van der Waals surface area (Å²) in [7, 11) is 0. The molecule has 0 saturated carbocycles. The van der Waals surface area contributed by atoms with Crippen LogP contribution in [0.25, 0.3) is 0 Å². The number of ether oxygens (including phenoxy) is 3. The van der Waals surface area contributed by atoms with Gasteiger partial charge in [0.2, 0.25) is 0 Å². The number of hydrogen-bond acceptors (Lipinski definition) is 4. The van der Waals surface area contributed by atoms with Crippen LogP contribution in [-0.2, 0) is 19.0 Å². The van der Waals surface area contributed by atoms with E-state index < -0.39 is 0 Å². The molecule has 0 amide bonds. The molecule has 0 radical (unpaired) electrons. The van der Waals surface area contributed by atoms with Gasteiger partial charge in [0, 0.05) is 6.92 Å². The molecular formula is C9H17ClO4. The molecule has 0 aliphatic heterocycles. The SMILES string of the molecule is CC(=O)OCC(COC(C)C)OCCl. The van der Waals surface area contributed by atoms with Crippen LogP contribution in [0, 0.1) is 0 Å². The van der Waals surface area contributed by atoms with E-state index in [4.69, 9.17) is 25.8 Å². The molecule has 0 aliphatic rings. The second-order valence-corrected chi connectivity index (χ2v) is 3.30. The van der Waals surface area contributed by atoms with Crippen molar-refractivity contribution in [3.8, 4) is 0 Å². The van der Waals surface area contributed by atoms with Crippen LogP contribution in [0.2, 0.25) is 0 Å². The fourth-order valence-corrected chi connectivity index (χ4v) is 0.922. The second-order valence-electron chi connectivity index (χ2n) is 3.08. The summed E-state index contributed by atoms with van der Waals surface area (Å²) in [5.41, 5.74) is 0. The number of alkyl halides is 1. The summed E-state index contributed by atoms with van der Waals surface area (Å²) in [4.78, 5) is 10.5. The van der Waals surface area contributed by atoms with E-state index >= 15 is 0 Å². The van der Waals surface area contributed by atoms with Crippen molar-refractivity contribution in [2.75, 3.05) is 19.3 Å². The Morgan fingerprint density at radius 3 is 2.36 bits per heavy atom.